The first-order valence-electron chi connectivity index (χ1n) is 14.6. The molecule has 6 rings (SSSR count). The van der Waals surface area contributed by atoms with E-state index in [9.17, 15) is 22.4 Å². The van der Waals surface area contributed by atoms with Crippen LogP contribution in [0.3, 0.4) is 0 Å². The van der Waals surface area contributed by atoms with Crippen molar-refractivity contribution in [2.75, 3.05) is 24.6 Å². The summed E-state index contributed by atoms with van der Waals surface area (Å²) < 4.78 is 46.8. The number of carbonyl (C=O) groups is 2. The number of nitrogen functional groups attached to an aromatic ring is 1. The number of nitrogens with zero attached hydrogens (tertiary/aromatic N) is 4. The fraction of sp³-hybridized carbons (Fsp3) is 0.273. The Morgan fingerprint density at radius 3 is 2.53 bits per heavy atom. The predicted molar refractivity (Wildman–Crippen MR) is 167 cm³/mol. The smallest absolute Gasteiger partial charge is 0.237 e. The lowest BCUT2D eigenvalue weighted by Gasteiger charge is -2.16. The van der Waals surface area contributed by atoms with E-state index in [1.165, 1.54) is 29.2 Å². The SMILES string of the molecule is Cc1cc2c(cc1CS(=O)(=O)CC(=O)N1CCCC1)CC(C(=O)c1cnn(-c3cnc(Oc4ccccc4F)cc3C)c1N)=C2. The number of nitrogens with two attached hydrogens (primary N) is 1. The first kappa shape index (κ1) is 30.2. The molecule has 45 heavy (non-hydrogen) atoms. The summed E-state index contributed by atoms with van der Waals surface area (Å²) in [6.45, 7) is 4.83. The van der Waals surface area contributed by atoms with Gasteiger partial charge < -0.3 is 15.4 Å². The van der Waals surface area contributed by atoms with Crippen molar-refractivity contribution in [3.8, 4) is 17.3 Å². The number of carbonyl (C=O) groups excluding carboxylic acids is 2. The van der Waals surface area contributed by atoms with Gasteiger partial charge >= 0.3 is 0 Å². The number of hydrogen-bond acceptors (Lipinski definition) is 8. The number of hydrogen-bond donors (Lipinski definition) is 1. The van der Waals surface area contributed by atoms with E-state index < -0.39 is 21.4 Å². The summed E-state index contributed by atoms with van der Waals surface area (Å²) in [6, 6.07) is 11.3. The Bertz CT molecular complexity index is 1980. The van der Waals surface area contributed by atoms with E-state index in [2.05, 4.69) is 10.1 Å². The van der Waals surface area contributed by atoms with Crippen molar-refractivity contribution < 1.29 is 27.1 Å². The van der Waals surface area contributed by atoms with Gasteiger partial charge in [-0.3, -0.25) is 9.59 Å². The van der Waals surface area contributed by atoms with Crippen molar-refractivity contribution in [3.63, 3.8) is 0 Å². The van der Waals surface area contributed by atoms with Gasteiger partial charge in [-0.1, -0.05) is 24.3 Å². The molecule has 1 amide bonds. The lowest BCUT2D eigenvalue weighted by Crippen LogP contribution is -2.33. The number of ether oxygens (including phenoxy) is 1. The zero-order chi connectivity index (χ0) is 31.9. The van der Waals surface area contributed by atoms with Crippen LogP contribution in [0.1, 0.15) is 51.0 Å². The normalized spacial score (nSPS) is 14.4. The molecule has 0 saturated carbocycles. The minimum absolute atomic E-state index is 0.0473. The monoisotopic (exact) mass is 629 g/mol. The summed E-state index contributed by atoms with van der Waals surface area (Å²) in [5.41, 5.74) is 11.4. The second-order valence-electron chi connectivity index (χ2n) is 11.5. The van der Waals surface area contributed by atoms with Gasteiger partial charge in [0.1, 0.15) is 11.6 Å². The van der Waals surface area contributed by atoms with Crippen LogP contribution in [0, 0.1) is 19.7 Å². The fourth-order valence-electron chi connectivity index (χ4n) is 5.73. The van der Waals surface area contributed by atoms with Gasteiger partial charge in [-0.15, -0.1) is 0 Å². The largest absolute Gasteiger partial charge is 0.436 e. The lowest BCUT2D eigenvalue weighted by molar-refractivity contribution is -0.127. The van der Waals surface area contributed by atoms with Crippen molar-refractivity contribution >= 4 is 33.4 Å². The van der Waals surface area contributed by atoms with Crippen LogP contribution in [0.2, 0.25) is 0 Å². The van der Waals surface area contributed by atoms with Crippen LogP contribution in [-0.4, -0.2) is 58.6 Å². The van der Waals surface area contributed by atoms with Crippen LogP contribution < -0.4 is 10.5 Å². The summed E-state index contributed by atoms with van der Waals surface area (Å²) >= 11 is 0. The minimum Gasteiger partial charge on any atom is -0.436 e. The van der Waals surface area contributed by atoms with E-state index in [-0.39, 0.29) is 40.5 Å². The molecule has 1 fully saturated rings. The van der Waals surface area contributed by atoms with Crippen LogP contribution in [0.4, 0.5) is 10.2 Å². The maximum Gasteiger partial charge on any atom is 0.237 e. The van der Waals surface area contributed by atoms with Gasteiger partial charge in [0.05, 0.1) is 29.4 Å². The average Bonchev–Trinajstić information content (AvgIpc) is 3.75. The third-order valence-electron chi connectivity index (χ3n) is 8.17. The molecule has 232 valence electrons. The quantitative estimate of drug-likeness (QED) is 0.262. The van der Waals surface area contributed by atoms with E-state index in [4.69, 9.17) is 10.5 Å². The Hall–Kier alpha value is -4.84. The van der Waals surface area contributed by atoms with Crippen molar-refractivity contribution in [2.24, 2.45) is 0 Å². The third kappa shape index (κ3) is 6.23. The maximum absolute atomic E-state index is 14.0. The van der Waals surface area contributed by atoms with Crippen molar-refractivity contribution in [2.45, 2.75) is 38.9 Å². The van der Waals surface area contributed by atoms with Gasteiger partial charge in [0.25, 0.3) is 0 Å². The molecule has 10 nitrogen and oxygen atoms in total. The summed E-state index contributed by atoms with van der Waals surface area (Å²) in [4.78, 5) is 31.9. The topological polar surface area (TPSA) is 137 Å². The highest BCUT2D eigenvalue weighted by Crippen LogP contribution is 2.33. The van der Waals surface area contributed by atoms with Crippen LogP contribution in [0.15, 0.2) is 60.4 Å². The van der Waals surface area contributed by atoms with Crippen molar-refractivity contribution in [1.29, 1.82) is 0 Å². The van der Waals surface area contributed by atoms with Gasteiger partial charge in [0.15, 0.2) is 27.2 Å². The molecule has 2 N–H and O–H groups in total. The van der Waals surface area contributed by atoms with E-state index in [1.807, 2.05) is 19.1 Å². The number of rotatable bonds is 9. The van der Waals surface area contributed by atoms with Gasteiger partial charge in [-0.2, -0.15) is 5.10 Å². The van der Waals surface area contributed by atoms with Crippen molar-refractivity contribution in [3.05, 3.63) is 99.6 Å². The number of aromatic nitrogens is 3. The molecular weight excluding hydrogens is 597 g/mol. The summed E-state index contributed by atoms with van der Waals surface area (Å²) in [7, 11) is -3.67. The average molecular weight is 630 g/mol. The van der Waals surface area contributed by atoms with E-state index in [0.29, 0.717) is 41.9 Å². The number of fused-ring (bicyclic) bond motifs is 1. The number of allylic oxidation sites excluding steroid dienone is 1. The molecule has 0 bridgehead atoms. The molecule has 4 aromatic rings. The van der Waals surface area contributed by atoms with E-state index in [1.54, 1.807) is 36.1 Å². The van der Waals surface area contributed by atoms with E-state index >= 15 is 0 Å². The lowest BCUT2D eigenvalue weighted by atomic mass is 10.0. The highest BCUT2D eigenvalue weighted by atomic mass is 32.2. The number of ketones is 1. The van der Waals surface area contributed by atoms with Crippen LogP contribution in [0.5, 0.6) is 11.6 Å². The third-order valence-corrected chi connectivity index (χ3v) is 9.60. The predicted octanol–water partition coefficient (Wildman–Crippen LogP) is 4.76. The number of likely N-dealkylation sites (tertiary alicyclic amines) is 1. The van der Waals surface area contributed by atoms with Gasteiger partial charge in [-0.05, 0) is 72.7 Å². The first-order valence-corrected chi connectivity index (χ1v) is 16.4. The Morgan fingerprint density at radius 2 is 1.80 bits per heavy atom. The second kappa shape index (κ2) is 11.9. The fourth-order valence-corrected chi connectivity index (χ4v) is 7.18. The molecular formula is C33H32FN5O5S. The number of pyridine rings is 1. The molecule has 3 heterocycles. The molecule has 2 aliphatic rings. The zero-order valence-corrected chi connectivity index (χ0v) is 25.7. The highest BCUT2D eigenvalue weighted by molar-refractivity contribution is 7.91. The second-order valence-corrected chi connectivity index (χ2v) is 13.5. The van der Waals surface area contributed by atoms with E-state index in [0.717, 1.165) is 29.5 Å². The molecule has 12 heteroatoms. The Balaban J connectivity index is 1.16. The summed E-state index contributed by atoms with van der Waals surface area (Å²) in [6.07, 6.45) is 6.79. The summed E-state index contributed by atoms with van der Waals surface area (Å²) in [5, 5.41) is 4.34. The first-order chi connectivity index (χ1) is 21.5. The van der Waals surface area contributed by atoms with Gasteiger partial charge in [0, 0.05) is 31.1 Å². The van der Waals surface area contributed by atoms with Crippen LogP contribution in [0.25, 0.3) is 11.8 Å². The zero-order valence-electron chi connectivity index (χ0n) is 24.9. The molecule has 1 saturated heterocycles. The Labute approximate surface area is 260 Å². The molecule has 2 aromatic carbocycles. The molecule has 0 atom stereocenters. The maximum atomic E-state index is 14.0. The number of para-hydroxylation sites is 1. The number of aryl methyl sites for hydroxylation is 2. The standard InChI is InChI=1S/C33H32FN5O5S/c1-20-11-22-13-24(14-23(22)15-25(20)18-45(42,43)19-31(40)38-9-5-6-10-38)32(41)26-16-37-39(33(26)35)28-17-36-30(12-21(28)2)44-29-8-4-3-7-27(29)34/h3-4,7-8,11-13,15-17H,5-6,9-10,14,18-19,35H2,1-2H3. The van der Waals surface area contributed by atoms with Crippen molar-refractivity contribution in [1.82, 2.24) is 19.7 Å². The number of Topliss-reactive ketones (excluding diaryl/α,β-unsaturated/α-hetero) is 1. The highest BCUT2D eigenvalue weighted by Gasteiger charge is 2.28. The number of halogens is 1. The molecule has 0 spiro atoms. The Kier molecular flexibility index (Phi) is 8.00. The number of sulfone groups is 1. The number of amides is 1. The number of anilines is 1. The van der Waals surface area contributed by atoms with Gasteiger partial charge in [0.2, 0.25) is 11.8 Å². The molecule has 2 aromatic heterocycles. The molecule has 1 aliphatic heterocycles. The molecule has 1 aliphatic carbocycles. The Morgan fingerprint density at radius 1 is 1.04 bits per heavy atom. The molecule has 0 unspecified atom stereocenters. The van der Waals surface area contributed by atoms with Crippen LogP contribution in [-0.2, 0) is 26.8 Å². The molecule has 0 radical (unpaired) electrons. The van der Waals surface area contributed by atoms with Crippen LogP contribution >= 0.6 is 0 Å². The number of benzene rings is 2. The minimum atomic E-state index is -3.67. The summed E-state index contributed by atoms with van der Waals surface area (Å²) in [5.74, 6) is -1.53. The van der Waals surface area contributed by atoms with Gasteiger partial charge in [-0.25, -0.2) is 22.5 Å².